The van der Waals surface area contributed by atoms with Crippen LogP contribution in [0.2, 0.25) is 0 Å². The van der Waals surface area contributed by atoms with Gasteiger partial charge in [-0.1, -0.05) is 0 Å². The molecule has 0 atom stereocenters. The maximum Gasteiger partial charge on any atom is 0.0938 e. The van der Waals surface area contributed by atoms with Gasteiger partial charge in [0.1, 0.15) is 0 Å². The second-order valence-corrected chi connectivity index (χ2v) is 8.31. The molecule has 1 aliphatic heterocycles. The fourth-order valence-electron chi connectivity index (χ4n) is 4.56. The van der Waals surface area contributed by atoms with E-state index < -0.39 is 0 Å². The van der Waals surface area contributed by atoms with E-state index >= 15 is 0 Å². The van der Waals surface area contributed by atoms with Gasteiger partial charge in [-0.15, -0.1) is 0 Å². The Kier molecular flexibility index (Phi) is 7.73. The summed E-state index contributed by atoms with van der Waals surface area (Å²) in [5, 5.41) is 0. The summed E-state index contributed by atoms with van der Waals surface area (Å²) in [5.41, 5.74) is 17.3. The summed E-state index contributed by atoms with van der Waals surface area (Å²) in [6, 6.07) is 0. The number of halogens is 2. The quantitative estimate of drug-likeness (QED) is 0.323. The highest BCUT2D eigenvalue weighted by Gasteiger charge is 2.30. The Labute approximate surface area is 195 Å². The number of nitrogens with zero attached hydrogens (tertiary/aromatic N) is 2. The Morgan fingerprint density at radius 1 is 0.393 bits per heavy atom. The lowest BCUT2D eigenvalue weighted by Crippen LogP contribution is -2.56. The van der Waals surface area contributed by atoms with Crippen molar-refractivity contribution in [1.82, 2.24) is 0 Å². The van der Waals surface area contributed by atoms with E-state index in [4.69, 9.17) is 0 Å². The molecule has 0 aliphatic carbocycles. The van der Waals surface area contributed by atoms with Crippen LogP contribution in [0.25, 0.3) is 0 Å². The summed E-state index contributed by atoms with van der Waals surface area (Å²) in [6.45, 7) is 24.6. The number of anilines is 2. The van der Waals surface area contributed by atoms with Crippen LogP contribution in [0.1, 0.15) is 55.6 Å². The van der Waals surface area contributed by atoms with Gasteiger partial charge in [0.25, 0.3) is 0 Å². The molecule has 0 spiro atoms. The van der Waals surface area contributed by atoms with Crippen molar-refractivity contribution in [2.24, 2.45) is 0 Å². The van der Waals surface area contributed by atoms with E-state index in [0.717, 1.165) is 13.3 Å². The zero-order valence-electron chi connectivity index (χ0n) is 19.1. The molecule has 2 aromatic carbocycles. The predicted molar refractivity (Wildman–Crippen MR) is 143 cm³/mol. The molecule has 1 saturated heterocycles. The predicted octanol–water partition coefficient (Wildman–Crippen LogP) is 7.78. The lowest BCUT2D eigenvalue weighted by Gasteiger charge is -2.48. The normalized spacial score (nSPS) is 13.3. The van der Waals surface area contributed by atoms with Crippen molar-refractivity contribution in [1.29, 1.82) is 0 Å². The van der Waals surface area contributed by atoms with Gasteiger partial charge in [-0.3, -0.25) is 0 Å². The maximum atomic E-state index is 2.54. The summed E-state index contributed by atoms with van der Waals surface area (Å²) in [5.74, 6) is 0. The van der Waals surface area contributed by atoms with Gasteiger partial charge in [0.2, 0.25) is 0 Å². The highest BCUT2D eigenvalue weighted by Crippen LogP contribution is 2.40. The number of rotatable bonds is 2. The summed E-state index contributed by atoms with van der Waals surface area (Å²) in [7, 11) is 0. The zero-order chi connectivity index (χ0) is 21.5. The Morgan fingerprint density at radius 3 is 0.786 bits per heavy atom. The van der Waals surface area contributed by atoms with Gasteiger partial charge in [-0.25, -0.2) is 0 Å². The van der Waals surface area contributed by atoms with Gasteiger partial charge < -0.3 is 9.80 Å². The molecule has 0 saturated carbocycles. The largest absolute Gasteiger partial charge is 0.335 e. The van der Waals surface area contributed by atoms with Crippen LogP contribution >= 0.6 is 37.2 Å². The van der Waals surface area contributed by atoms with Gasteiger partial charge in [-0.05, 0) is 125 Å². The molecule has 0 aromatic heterocycles. The van der Waals surface area contributed by atoms with Crippen molar-refractivity contribution in [2.45, 2.75) is 69.2 Å². The first-order valence-corrected chi connectivity index (χ1v) is 16.1. The summed E-state index contributed by atoms with van der Waals surface area (Å²) >= 11 is 4.24. The van der Waals surface area contributed by atoms with Gasteiger partial charge >= 0.3 is 0 Å². The topological polar surface area (TPSA) is 6.48 Å². The van der Waals surface area contributed by atoms with Gasteiger partial charge in [0.05, 0.1) is 13.3 Å². The fraction of sp³-hybridized carbons (Fsp3) is 0.500. The molecule has 28 heavy (non-hydrogen) atoms. The molecule has 0 bridgehead atoms. The second-order valence-electron chi connectivity index (χ2n) is 8.31. The van der Waals surface area contributed by atoms with Crippen molar-refractivity contribution in [3.8, 4) is 0 Å². The third-order valence-electron chi connectivity index (χ3n) is 7.24. The molecule has 2 aromatic rings. The minimum atomic E-state index is 0.979. The fourth-order valence-corrected chi connectivity index (χ4v) is 4.56. The van der Waals surface area contributed by atoms with Gasteiger partial charge in [0.15, 0.2) is 0 Å². The minimum absolute atomic E-state index is 0.979. The molecular weight excluding hydrogens is 570 g/mol. The number of hydrogen-bond donors (Lipinski definition) is 0. The first-order chi connectivity index (χ1) is 13.1. The standard InChI is InChI=1S/C24H34N2.I2/c1-13-15(3)19(7)23(20(8)16(13)4)25-11-26(12-25)24-21(9)17(5)14(2)18(6)22(24)10;1-2/h11-12H2,1-10H3;. The molecule has 2 nitrogen and oxygen atoms in total. The number of hydrogen-bond acceptors (Lipinski definition) is 2. The Morgan fingerprint density at radius 2 is 0.571 bits per heavy atom. The van der Waals surface area contributed by atoms with E-state index in [2.05, 4.69) is 116 Å². The SMILES string of the molecule is Cc1c(C)c(C)c(N2CN(c3c(C)c(C)c(C)c(C)c3C)C2)c(C)c1C.II. The molecule has 0 amide bonds. The number of benzene rings is 2. The van der Waals surface area contributed by atoms with Crippen LogP contribution in [-0.4, -0.2) is 13.3 Å². The molecule has 154 valence electrons. The first kappa shape index (κ1) is 23.8. The Bertz CT molecular complexity index is 778. The van der Waals surface area contributed by atoms with Crippen LogP contribution < -0.4 is 9.80 Å². The smallest absolute Gasteiger partial charge is 0.0938 e. The molecule has 0 unspecified atom stereocenters. The van der Waals surface area contributed by atoms with Crippen molar-refractivity contribution >= 4 is 48.6 Å². The van der Waals surface area contributed by atoms with Crippen LogP contribution in [0.5, 0.6) is 0 Å². The van der Waals surface area contributed by atoms with E-state index in [1.165, 1.54) is 67.0 Å². The molecular formula is C24H34I2N2. The molecule has 0 N–H and O–H groups in total. The highest BCUT2D eigenvalue weighted by atomic mass is 128. The lowest BCUT2D eigenvalue weighted by atomic mass is 9.91. The third-order valence-corrected chi connectivity index (χ3v) is 7.24. The monoisotopic (exact) mass is 604 g/mol. The van der Waals surface area contributed by atoms with E-state index in [0.29, 0.717) is 0 Å². The van der Waals surface area contributed by atoms with E-state index in [1.807, 2.05) is 0 Å². The van der Waals surface area contributed by atoms with Crippen molar-refractivity contribution in [3.63, 3.8) is 0 Å². The maximum absolute atomic E-state index is 2.54. The first-order valence-electron chi connectivity index (χ1n) is 9.85. The molecule has 1 aliphatic rings. The van der Waals surface area contributed by atoms with Crippen LogP contribution in [0, 0.1) is 69.2 Å². The van der Waals surface area contributed by atoms with E-state index in [9.17, 15) is 0 Å². The van der Waals surface area contributed by atoms with Crippen molar-refractivity contribution < 1.29 is 0 Å². The summed E-state index contributed by atoms with van der Waals surface area (Å²) < 4.78 is 0. The average Bonchev–Trinajstić information content (AvgIpc) is 2.66. The Balaban J connectivity index is 0.00000136. The molecule has 4 heteroatoms. The second kappa shape index (κ2) is 9.11. The van der Waals surface area contributed by atoms with Gasteiger partial charge in [0, 0.05) is 48.6 Å². The molecule has 1 fully saturated rings. The van der Waals surface area contributed by atoms with Crippen molar-refractivity contribution in [2.75, 3.05) is 23.1 Å². The average molecular weight is 604 g/mol. The van der Waals surface area contributed by atoms with Crippen LogP contribution in [-0.2, 0) is 0 Å². The van der Waals surface area contributed by atoms with E-state index in [1.54, 1.807) is 0 Å². The van der Waals surface area contributed by atoms with Crippen LogP contribution in [0.15, 0.2) is 0 Å². The molecule has 0 radical (unpaired) electrons. The Hall–Kier alpha value is -0.500. The van der Waals surface area contributed by atoms with Crippen LogP contribution in [0.3, 0.4) is 0 Å². The zero-order valence-corrected chi connectivity index (χ0v) is 23.4. The molecule has 1 heterocycles. The van der Waals surface area contributed by atoms with Gasteiger partial charge in [-0.2, -0.15) is 0 Å². The molecule has 3 rings (SSSR count). The summed E-state index contributed by atoms with van der Waals surface area (Å²) in [4.78, 5) is 5.07. The summed E-state index contributed by atoms with van der Waals surface area (Å²) in [6.07, 6.45) is 0. The van der Waals surface area contributed by atoms with E-state index in [-0.39, 0.29) is 0 Å². The van der Waals surface area contributed by atoms with Crippen LogP contribution in [0.4, 0.5) is 11.4 Å². The lowest BCUT2D eigenvalue weighted by molar-refractivity contribution is 0.603. The van der Waals surface area contributed by atoms with Crippen molar-refractivity contribution in [3.05, 3.63) is 55.6 Å². The highest BCUT2D eigenvalue weighted by molar-refractivity contribution is 15.0. The third kappa shape index (κ3) is 3.80. The minimum Gasteiger partial charge on any atom is -0.335 e.